The molecule has 1 saturated heterocycles. The van der Waals surface area contributed by atoms with E-state index in [1.807, 2.05) is 53.3 Å². The Labute approximate surface area is 187 Å². The van der Waals surface area contributed by atoms with E-state index in [1.54, 1.807) is 23.4 Å². The van der Waals surface area contributed by atoms with Crippen molar-refractivity contribution in [1.29, 1.82) is 0 Å². The van der Waals surface area contributed by atoms with Crippen LogP contribution in [-0.2, 0) is 21.4 Å². The van der Waals surface area contributed by atoms with E-state index in [-0.39, 0.29) is 5.91 Å². The number of rotatable bonds is 6. The van der Waals surface area contributed by atoms with Crippen LogP contribution < -0.4 is 0 Å². The normalized spacial score (nSPS) is 15.3. The van der Waals surface area contributed by atoms with Gasteiger partial charge in [0.15, 0.2) is 0 Å². The Hall–Kier alpha value is -3.30. The number of aromatic nitrogens is 3. The molecule has 1 aliphatic rings. The zero-order valence-corrected chi connectivity index (χ0v) is 18.6. The summed E-state index contributed by atoms with van der Waals surface area (Å²) in [6, 6.07) is 13.8. The van der Waals surface area contributed by atoms with Gasteiger partial charge in [0.2, 0.25) is 15.9 Å². The van der Waals surface area contributed by atoms with Gasteiger partial charge in [-0.1, -0.05) is 30.3 Å². The molecular formula is C23H25N5O3S. The number of carbonyl (C=O) groups is 1. The summed E-state index contributed by atoms with van der Waals surface area (Å²) in [7, 11) is -3.23. The average molecular weight is 452 g/mol. The van der Waals surface area contributed by atoms with E-state index in [1.165, 1.54) is 16.6 Å². The molecule has 0 aliphatic carbocycles. The molecule has 0 unspecified atom stereocenters. The van der Waals surface area contributed by atoms with Gasteiger partial charge in [0.1, 0.15) is 5.69 Å². The van der Waals surface area contributed by atoms with Crippen molar-refractivity contribution in [3.8, 4) is 11.3 Å². The van der Waals surface area contributed by atoms with E-state index in [2.05, 4.69) is 4.98 Å². The van der Waals surface area contributed by atoms with E-state index in [0.717, 1.165) is 22.4 Å². The zero-order valence-electron chi connectivity index (χ0n) is 17.8. The summed E-state index contributed by atoms with van der Waals surface area (Å²) in [4.78, 5) is 18.6. The van der Waals surface area contributed by atoms with Gasteiger partial charge in [0.05, 0.1) is 12.8 Å². The first-order valence-corrected chi connectivity index (χ1v) is 12.2. The number of amides is 1. The summed E-state index contributed by atoms with van der Waals surface area (Å²) in [5, 5.41) is 4.73. The van der Waals surface area contributed by atoms with Crippen molar-refractivity contribution in [2.24, 2.45) is 0 Å². The van der Waals surface area contributed by atoms with E-state index < -0.39 is 10.0 Å². The van der Waals surface area contributed by atoms with E-state index in [4.69, 9.17) is 5.10 Å². The van der Waals surface area contributed by atoms with Gasteiger partial charge in [-0.05, 0) is 23.8 Å². The van der Waals surface area contributed by atoms with E-state index in [9.17, 15) is 13.2 Å². The van der Waals surface area contributed by atoms with Crippen molar-refractivity contribution in [2.45, 2.75) is 6.54 Å². The van der Waals surface area contributed by atoms with Gasteiger partial charge in [-0.15, -0.1) is 0 Å². The highest BCUT2D eigenvalue weighted by Gasteiger charge is 2.25. The van der Waals surface area contributed by atoms with Gasteiger partial charge >= 0.3 is 0 Å². The Balaban J connectivity index is 1.53. The third kappa shape index (κ3) is 5.30. The van der Waals surface area contributed by atoms with Crippen LogP contribution in [0.1, 0.15) is 11.1 Å². The van der Waals surface area contributed by atoms with E-state index >= 15 is 0 Å². The van der Waals surface area contributed by atoms with Crippen molar-refractivity contribution in [3.05, 3.63) is 78.3 Å². The number of nitrogens with zero attached hydrogens (tertiary/aromatic N) is 5. The minimum atomic E-state index is -3.23. The maximum Gasteiger partial charge on any atom is 0.246 e. The highest BCUT2D eigenvalue weighted by molar-refractivity contribution is 7.88. The predicted molar refractivity (Wildman–Crippen MR) is 123 cm³/mol. The molecule has 166 valence electrons. The maximum absolute atomic E-state index is 12.7. The van der Waals surface area contributed by atoms with Crippen molar-refractivity contribution < 1.29 is 13.2 Å². The largest absolute Gasteiger partial charge is 0.337 e. The second-order valence-corrected chi connectivity index (χ2v) is 9.66. The number of piperazine rings is 1. The lowest BCUT2D eigenvalue weighted by Crippen LogP contribution is -2.49. The van der Waals surface area contributed by atoms with Crippen LogP contribution in [0.5, 0.6) is 0 Å². The fraction of sp³-hybridized carbons (Fsp3) is 0.261. The Bertz CT molecular complexity index is 1200. The Morgan fingerprint density at radius 2 is 1.81 bits per heavy atom. The van der Waals surface area contributed by atoms with Crippen LogP contribution >= 0.6 is 0 Å². The molecule has 3 aromatic rings. The highest BCUT2D eigenvalue weighted by Crippen LogP contribution is 2.23. The van der Waals surface area contributed by atoms with Gasteiger partial charge in [-0.3, -0.25) is 14.5 Å². The smallest absolute Gasteiger partial charge is 0.246 e. The van der Waals surface area contributed by atoms with Crippen molar-refractivity contribution in [2.75, 3.05) is 32.4 Å². The van der Waals surface area contributed by atoms with Crippen LogP contribution in [0.2, 0.25) is 0 Å². The van der Waals surface area contributed by atoms with Gasteiger partial charge in [0.25, 0.3) is 0 Å². The van der Waals surface area contributed by atoms with Crippen molar-refractivity contribution in [3.63, 3.8) is 0 Å². The van der Waals surface area contributed by atoms with Crippen LogP contribution in [-0.4, -0.2) is 70.7 Å². The lowest BCUT2D eigenvalue weighted by Gasteiger charge is -2.32. The topological polar surface area (TPSA) is 88.4 Å². The molecule has 4 rings (SSSR count). The molecule has 0 bridgehead atoms. The number of hydrogen-bond acceptors (Lipinski definition) is 5. The molecule has 1 aliphatic heterocycles. The highest BCUT2D eigenvalue weighted by atomic mass is 32.2. The first-order valence-electron chi connectivity index (χ1n) is 10.3. The number of benzene rings is 1. The molecule has 0 radical (unpaired) electrons. The van der Waals surface area contributed by atoms with E-state index in [0.29, 0.717) is 32.7 Å². The summed E-state index contributed by atoms with van der Waals surface area (Å²) < 4.78 is 26.6. The molecular weight excluding hydrogens is 426 g/mol. The van der Waals surface area contributed by atoms with Gasteiger partial charge in [-0.2, -0.15) is 9.40 Å². The Morgan fingerprint density at radius 1 is 1.06 bits per heavy atom. The van der Waals surface area contributed by atoms with Gasteiger partial charge < -0.3 is 4.90 Å². The lowest BCUT2D eigenvalue weighted by molar-refractivity contribution is -0.127. The fourth-order valence-electron chi connectivity index (χ4n) is 3.64. The van der Waals surface area contributed by atoms with Crippen LogP contribution in [0, 0.1) is 0 Å². The third-order valence-corrected chi connectivity index (χ3v) is 6.64. The fourth-order valence-corrected chi connectivity index (χ4v) is 4.47. The van der Waals surface area contributed by atoms with Crippen LogP contribution in [0.3, 0.4) is 0 Å². The third-order valence-electron chi connectivity index (χ3n) is 5.34. The summed E-state index contributed by atoms with van der Waals surface area (Å²) >= 11 is 0. The molecule has 0 N–H and O–H groups in total. The zero-order chi connectivity index (χ0) is 22.6. The SMILES string of the molecule is CS(=O)(=O)N1CCN(C(=O)/C=C/c2cn(Cc3ccccc3)nc2-c2cccnc2)CC1. The molecule has 0 atom stereocenters. The average Bonchev–Trinajstić information content (AvgIpc) is 3.21. The minimum Gasteiger partial charge on any atom is -0.337 e. The van der Waals surface area contributed by atoms with Crippen molar-refractivity contribution in [1.82, 2.24) is 24.0 Å². The molecule has 32 heavy (non-hydrogen) atoms. The summed E-state index contributed by atoms with van der Waals surface area (Å²) in [5.74, 6) is -0.147. The standard InChI is InChI=1S/C23H25N5O3S/c1-32(30,31)28-14-12-26(13-15-28)22(29)10-9-21-18-27(17-19-6-3-2-4-7-19)25-23(21)20-8-5-11-24-16-20/h2-11,16,18H,12-15,17H2,1H3/b10-9+. The van der Waals surface area contributed by atoms with Crippen LogP contribution in [0.4, 0.5) is 0 Å². The monoisotopic (exact) mass is 451 g/mol. The summed E-state index contributed by atoms with van der Waals surface area (Å²) in [6.45, 7) is 1.99. The van der Waals surface area contributed by atoms with Gasteiger partial charge in [-0.25, -0.2) is 8.42 Å². The number of hydrogen-bond donors (Lipinski definition) is 0. The molecule has 1 aromatic carbocycles. The molecule has 1 amide bonds. The molecule has 2 aromatic heterocycles. The first-order chi connectivity index (χ1) is 15.4. The number of pyridine rings is 1. The Kier molecular flexibility index (Phi) is 6.48. The van der Waals surface area contributed by atoms with Crippen molar-refractivity contribution >= 4 is 22.0 Å². The summed E-state index contributed by atoms with van der Waals surface area (Å²) in [5.41, 5.74) is 3.56. The van der Waals surface area contributed by atoms with Crippen LogP contribution in [0.15, 0.2) is 67.1 Å². The second-order valence-electron chi connectivity index (χ2n) is 7.68. The Morgan fingerprint density at radius 3 is 2.47 bits per heavy atom. The number of sulfonamides is 1. The lowest BCUT2D eigenvalue weighted by atomic mass is 10.1. The molecule has 0 saturated carbocycles. The molecule has 1 fully saturated rings. The van der Waals surface area contributed by atoms with Gasteiger partial charge in [0, 0.05) is 62.0 Å². The predicted octanol–water partition coefficient (Wildman–Crippen LogP) is 2.11. The minimum absolute atomic E-state index is 0.147. The maximum atomic E-state index is 12.7. The molecule has 9 heteroatoms. The molecule has 0 spiro atoms. The molecule has 3 heterocycles. The van der Waals surface area contributed by atoms with Crippen LogP contribution in [0.25, 0.3) is 17.3 Å². The second kappa shape index (κ2) is 9.46. The first kappa shape index (κ1) is 21.9. The summed E-state index contributed by atoms with van der Waals surface area (Å²) in [6.07, 6.45) is 9.86. The number of carbonyl (C=O) groups excluding carboxylic acids is 1. The quantitative estimate of drug-likeness (QED) is 0.536. The molecule has 8 nitrogen and oxygen atoms in total.